The van der Waals surface area contributed by atoms with Gasteiger partial charge < -0.3 is 20.1 Å². The Morgan fingerprint density at radius 1 is 1.71 bits per heavy atom. The maximum atomic E-state index is 11.7. The van der Waals surface area contributed by atoms with Crippen LogP contribution < -0.4 is 5.32 Å². The molecular formula is C7H12F2N2O3. The van der Waals surface area contributed by atoms with Crippen molar-refractivity contribution in [3.8, 4) is 0 Å². The molecule has 1 aliphatic heterocycles. The summed E-state index contributed by atoms with van der Waals surface area (Å²) in [5, 5.41) is 11.6. The third kappa shape index (κ3) is 3.08. The highest BCUT2D eigenvalue weighted by molar-refractivity contribution is 5.65. The van der Waals surface area contributed by atoms with E-state index in [2.05, 4.69) is 10.1 Å². The van der Waals surface area contributed by atoms with Gasteiger partial charge in [-0.2, -0.15) is 8.78 Å². The average Bonchev–Trinajstić information content (AvgIpc) is 2.15. The van der Waals surface area contributed by atoms with Crippen molar-refractivity contribution >= 4 is 6.09 Å². The monoisotopic (exact) mass is 210 g/mol. The van der Waals surface area contributed by atoms with Crippen LogP contribution in [0.25, 0.3) is 0 Å². The maximum Gasteiger partial charge on any atom is 0.407 e. The first-order chi connectivity index (χ1) is 6.61. The molecule has 1 atom stereocenters. The number of carbonyl (C=O) groups is 1. The van der Waals surface area contributed by atoms with E-state index < -0.39 is 18.7 Å². The van der Waals surface area contributed by atoms with Crippen LogP contribution in [0.3, 0.4) is 0 Å². The highest BCUT2D eigenvalue weighted by atomic mass is 19.3. The van der Waals surface area contributed by atoms with Gasteiger partial charge >= 0.3 is 12.7 Å². The lowest BCUT2D eigenvalue weighted by molar-refractivity contribution is -0.140. The SMILES string of the molecule is O=C(O)N1CCNCC1COC(F)F. The highest BCUT2D eigenvalue weighted by Crippen LogP contribution is 2.06. The molecule has 2 N–H and O–H groups in total. The van der Waals surface area contributed by atoms with E-state index in [1.807, 2.05) is 0 Å². The van der Waals surface area contributed by atoms with Gasteiger partial charge in [-0.25, -0.2) is 4.79 Å². The molecule has 0 saturated carbocycles. The predicted molar refractivity (Wildman–Crippen MR) is 43.3 cm³/mol. The largest absolute Gasteiger partial charge is 0.465 e. The number of carboxylic acid groups (broad SMARTS) is 1. The number of piperazine rings is 1. The minimum atomic E-state index is -2.85. The van der Waals surface area contributed by atoms with E-state index in [-0.39, 0.29) is 6.61 Å². The van der Waals surface area contributed by atoms with Crippen molar-refractivity contribution in [2.45, 2.75) is 12.7 Å². The van der Waals surface area contributed by atoms with E-state index in [0.29, 0.717) is 19.6 Å². The molecule has 1 rings (SSSR count). The number of halogens is 2. The van der Waals surface area contributed by atoms with E-state index in [1.165, 1.54) is 0 Å². The van der Waals surface area contributed by atoms with Gasteiger partial charge in [0.1, 0.15) is 0 Å². The van der Waals surface area contributed by atoms with E-state index in [4.69, 9.17) is 5.11 Å². The van der Waals surface area contributed by atoms with Crippen LogP contribution in [0.4, 0.5) is 13.6 Å². The van der Waals surface area contributed by atoms with E-state index in [0.717, 1.165) is 4.90 Å². The molecular weight excluding hydrogens is 198 g/mol. The Kier molecular flexibility index (Phi) is 4.02. The van der Waals surface area contributed by atoms with Crippen LogP contribution in [-0.2, 0) is 4.74 Å². The van der Waals surface area contributed by atoms with Crippen LogP contribution >= 0.6 is 0 Å². The zero-order chi connectivity index (χ0) is 10.6. The molecule has 0 radical (unpaired) electrons. The second-order valence-corrected chi connectivity index (χ2v) is 2.93. The highest BCUT2D eigenvalue weighted by Gasteiger charge is 2.26. The van der Waals surface area contributed by atoms with Crippen molar-refractivity contribution in [2.75, 3.05) is 26.2 Å². The molecule has 0 aliphatic carbocycles. The Bertz CT molecular complexity index is 203. The molecule has 1 saturated heterocycles. The van der Waals surface area contributed by atoms with Gasteiger partial charge in [0.15, 0.2) is 0 Å². The van der Waals surface area contributed by atoms with Gasteiger partial charge in [0.2, 0.25) is 0 Å². The normalized spacial score (nSPS) is 22.8. The predicted octanol–water partition coefficient (Wildman–Crippen LogP) is 0.177. The van der Waals surface area contributed by atoms with Crippen molar-refractivity contribution in [1.82, 2.24) is 10.2 Å². The molecule has 0 bridgehead atoms. The van der Waals surface area contributed by atoms with Gasteiger partial charge in [-0.05, 0) is 0 Å². The second kappa shape index (κ2) is 5.06. The lowest BCUT2D eigenvalue weighted by Crippen LogP contribution is -2.55. The van der Waals surface area contributed by atoms with Gasteiger partial charge in [-0.3, -0.25) is 0 Å². The molecule has 0 aromatic carbocycles. The molecule has 5 nitrogen and oxygen atoms in total. The smallest absolute Gasteiger partial charge is 0.407 e. The molecule has 0 aromatic rings. The molecule has 14 heavy (non-hydrogen) atoms. The summed E-state index contributed by atoms with van der Waals surface area (Å²) in [4.78, 5) is 11.8. The minimum Gasteiger partial charge on any atom is -0.465 e. The number of ether oxygens (including phenoxy) is 1. The third-order valence-electron chi connectivity index (χ3n) is 2.01. The number of hydrogen-bond donors (Lipinski definition) is 2. The summed E-state index contributed by atoms with van der Waals surface area (Å²) in [6, 6.07) is -0.532. The standard InChI is InChI=1S/C7H12F2N2O3/c8-6(9)14-4-5-3-10-1-2-11(5)7(12)13/h5-6,10H,1-4H2,(H,12,13). The van der Waals surface area contributed by atoms with E-state index in [1.54, 1.807) is 0 Å². The van der Waals surface area contributed by atoms with E-state index >= 15 is 0 Å². The molecule has 1 heterocycles. The number of hydrogen-bond acceptors (Lipinski definition) is 3. The first-order valence-corrected chi connectivity index (χ1v) is 4.21. The number of nitrogens with one attached hydrogen (secondary N) is 1. The molecule has 0 aromatic heterocycles. The van der Waals surface area contributed by atoms with Crippen LogP contribution in [0.1, 0.15) is 0 Å². The van der Waals surface area contributed by atoms with Gasteiger partial charge in [0.05, 0.1) is 12.6 Å². The van der Waals surface area contributed by atoms with Crippen molar-refractivity contribution in [3.05, 3.63) is 0 Å². The Labute approximate surface area is 79.6 Å². The van der Waals surface area contributed by atoms with Crippen molar-refractivity contribution in [2.24, 2.45) is 0 Å². The Balaban J connectivity index is 2.42. The van der Waals surface area contributed by atoms with Crippen LogP contribution in [0.15, 0.2) is 0 Å². The maximum absolute atomic E-state index is 11.7. The zero-order valence-corrected chi connectivity index (χ0v) is 7.45. The van der Waals surface area contributed by atoms with Crippen molar-refractivity contribution in [1.29, 1.82) is 0 Å². The summed E-state index contributed by atoms with van der Waals surface area (Å²) in [5.74, 6) is 0. The molecule has 82 valence electrons. The molecule has 1 amide bonds. The summed E-state index contributed by atoms with van der Waals surface area (Å²) in [6.07, 6.45) is -1.10. The fourth-order valence-corrected chi connectivity index (χ4v) is 1.35. The van der Waals surface area contributed by atoms with Gasteiger partial charge in [0.25, 0.3) is 0 Å². The number of alkyl halides is 2. The van der Waals surface area contributed by atoms with Crippen LogP contribution in [0, 0.1) is 0 Å². The molecule has 1 unspecified atom stereocenters. The van der Waals surface area contributed by atoms with Crippen LogP contribution in [0.5, 0.6) is 0 Å². The number of rotatable bonds is 3. The Hall–Kier alpha value is -0.950. The first kappa shape index (κ1) is 11.1. The lowest BCUT2D eigenvalue weighted by Gasteiger charge is -2.33. The molecule has 0 spiro atoms. The van der Waals surface area contributed by atoms with Crippen LogP contribution in [-0.4, -0.2) is 55.0 Å². The van der Waals surface area contributed by atoms with Crippen molar-refractivity contribution in [3.63, 3.8) is 0 Å². The van der Waals surface area contributed by atoms with Gasteiger partial charge in [-0.1, -0.05) is 0 Å². The molecule has 1 fully saturated rings. The van der Waals surface area contributed by atoms with Crippen molar-refractivity contribution < 1.29 is 23.4 Å². The lowest BCUT2D eigenvalue weighted by atomic mass is 10.2. The molecule has 1 aliphatic rings. The molecule has 7 heteroatoms. The van der Waals surface area contributed by atoms with E-state index in [9.17, 15) is 13.6 Å². The summed E-state index contributed by atoms with van der Waals surface area (Å²) < 4.78 is 27.5. The third-order valence-corrected chi connectivity index (χ3v) is 2.01. The summed E-state index contributed by atoms with van der Waals surface area (Å²) >= 11 is 0. The summed E-state index contributed by atoms with van der Waals surface area (Å²) in [6.45, 7) is -1.95. The Morgan fingerprint density at radius 2 is 2.43 bits per heavy atom. The van der Waals surface area contributed by atoms with Crippen LogP contribution in [0.2, 0.25) is 0 Å². The zero-order valence-electron chi connectivity index (χ0n) is 7.45. The second-order valence-electron chi connectivity index (χ2n) is 2.93. The Morgan fingerprint density at radius 3 is 3.00 bits per heavy atom. The van der Waals surface area contributed by atoms with Gasteiger partial charge in [-0.15, -0.1) is 0 Å². The topological polar surface area (TPSA) is 61.8 Å². The van der Waals surface area contributed by atoms with Gasteiger partial charge in [0, 0.05) is 19.6 Å². The quantitative estimate of drug-likeness (QED) is 0.697. The fourth-order valence-electron chi connectivity index (χ4n) is 1.35. The average molecular weight is 210 g/mol. The minimum absolute atomic E-state index is 0.281. The first-order valence-electron chi connectivity index (χ1n) is 4.21. The number of nitrogens with zero attached hydrogens (tertiary/aromatic N) is 1. The number of amides is 1. The summed E-state index contributed by atoms with van der Waals surface area (Å²) in [5.41, 5.74) is 0. The fraction of sp³-hybridized carbons (Fsp3) is 0.857. The summed E-state index contributed by atoms with van der Waals surface area (Å²) in [7, 11) is 0.